The van der Waals surface area contributed by atoms with Gasteiger partial charge in [0.15, 0.2) is 5.71 Å². The first kappa shape index (κ1) is 14.9. The second-order valence-electron chi connectivity index (χ2n) is 4.07. The van der Waals surface area contributed by atoms with Crippen LogP contribution in [0, 0.1) is 0 Å². The largest absolute Gasteiger partial charge is 0.437 e. The molecule has 0 aromatic carbocycles. The highest BCUT2D eigenvalue weighted by Gasteiger charge is 2.45. The van der Waals surface area contributed by atoms with Crippen LogP contribution in [0.15, 0.2) is 16.8 Å². The van der Waals surface area contributed by atoms with Gasteiger partial charge in [0.05, 0.1) is 10.6 Å². The first-order valence-corrected chi connectivity index (χ1v) is 6.45. The van der Waals surface area contributed by atoms with E-state index >= 15 is 0 Å². The van der Waals surface area contributed by atoms with Crippen molar-refractivity contribution in [3.05, 3.63) is 21.5 Å². The molecule has 0 radical (unpaired) electrons. The van der Waals surface area contributed by atoms with Crippen LogP contribution >= 0.6 is 22.9 Å². The minimum Gasteiger partial charge on any atom is -0.368 e. The average Bonchev–Trinajstić information content (AvgIpc) is 2.83. The number of hydrogen-bond acceptors (Lipinski definition) is 5. The molecule has 0 aliphatic carbocycles. The fraction of sp³-hybridized carbons (Fsp3) is 0.273. The molecule has 1 aromatic heterocycles. The molecule has 1 aliphatic rings. The van der Waals surface area contributed by atoms with Crippen LogP contribution in [0.3, 0.4) is 0 Å². The Morgan fingerprint density at radius 2 is 2.10 bits per heavy atom. The van der Waals surface area contributed by atoms with Crippen molar-refractivity contribution in [1.82, 2.24) is 0 Å². The van der Waals surface area contributed by atoms with Gasteiger partial charge in [-0.2, -0.15) is 13.2 Å². The number of oxime groups is 1. The molecule has 0 saturated carbocycles. The van der Waals surface area contributed by atoms with E-state index in [2.05, 4.69) is 9.99 Å². The highest BCUT2D eigenvalue weighted by Crippen LogP contribution is 2.36. The van der Waals surface area contributed by atoms with Gasteiger partial charge in [-0.15, -0.1) is 11.3 Å². The molecular formula is C11H8ClF3N2O2S. The summed E-state index contributed by atoms with van der Waals surface area (Å²) in [5.74, 6) is -1.13. The van der Waals surface area contributed by atoms with Crippen molar-refractivity contribution < 1.29 is 22.8 Å². The summed E-state index contributed by atoms with van der Waals surface area (Å²) in [7, 11) is 3.50. The lowest BCUT2D eigenvalue weighted by Gasteiger charge is -2.08. The molecule has 0 saturated heterocycles. The van der Waals surface area contributed by atoms with Gasteiger partial charge in [0.2, 0.25) is 0 Å². The van der Waals surface area contributed by atoms with E-state index in [1.54, 1.807) is 19.0 Å². The maximum absolute atomic E-state index is 12.7. The number of carbonyl (C=O) groups excluding carboxylic acids is 1. The normalized spacial score (nSPS) is 17.4. The third-order valence-electron chi connectivity index (χ3n) is 2.34. The van der Waals surface area contributed by atoms with Gasteiger partial charge in [-0.05, 0) is 12.1 Å². The summed E-state index contributed by atoms with van der Waals surface area (Å²) in [5.41, 5.74) is -1.96. The van der Waals surface area contributed by atoms with Crippen LogP contribution in [0.25, 0.3) is 6.08 Å². The van der Waals surface area contributed by atoms with Gasteiger partial charge in [-0.25, -0.2) is 4.79 Å². The van der Waals surface area contributed by atoms with Crippen molar-refractivity contribution in [2.45, 2.75) is 6.18 Å². The Balaban J connectivity index is 2.41. The number of anilines is 1. The van der Waals surface area contributed by atoms with E-state index in [1.165, 1.54) is 6.07 Å². The molecule has 1 aliphatic heterocycles. The third-order valence-corrected chi connectivity index (χ3v) is 3.99. The van der Waals surface area contributed by atoms with Crippen molar-refractivity contribution in [3.8, 4) is 0 Å². The summed E-state index contributed by atoms with van der Waals surface area (Å²) in [6.07, 6.45) is -3.67. The van der Waals surface area contributed by atoms with Gasteiger partial charge in [0.25, 0.3) is 0 Å². The first-order valence-electron chi connectivity index (χ1n) is 5.25. The molecule has 2 rings (SSSR count). The first-order chi connectivity index (χ1) is 9.20. The molecule has 9 heteroatoms. The minimum atomic E-state index is -4.75. The summed E-state index contributed by atoms with van der Waals surface area (Å²) < 4.78 is 38.0. The number of hydrogen-bond donors (Lipinski definition) is 0. The van der Waals surface area contributed by atoms with Gasteiger partial charge >= 0.3 is 12.1 Å². The molecule has 108 valence electrons. The lowest BCUT2D eigenvalue weighted by atomic mass is 10.1. The molecule has 20 heavy (non-hydrogen) atoms. The molecule has 4 nitrogen and oxygen atoms in total. The van der Waals surface area contributed by atoms with Crippen LogP contribution in [0.4, 0.5) is 18.2 Å². The van der Waals surface area contributed by atoms with Crippen LogP contribution in [0.1, 0.15) is 4.88 Å². The van der Waals surface area contributed by atoms with Crippen molar-refractivity contribution in [1.29, 1.82) is 0 Å². The van der Waals surface area contributed by atoms with Gasteiger partial charge in [0, 0.05) is 19.0 Å². The molecule has 0 unspecified atom stereocenters. The van der Waals surface area contributed by atoms with E-state index in [9.17, 15) is 18.0 Å². The van der Waals surface area contributed by atoms with Crippen molar-refractivity contribution >= 4 is 45.7 Å². The van der Waals surface area contributed by atoms with Gasteiger partial charge < -0.3 is 9.74 Å². The van der Waals surface area contributed by atoms with Crippen LogP contribution < -0.4 is 4.90 Å². The molecule has 0 bridgehead atoms. The Bertz CT molecular complexity index is 620. The number of carbonyl (C=O) groups is 1. The minimum absolute atomic E-state index is 0.392. The number of rotatable bonds is 2. The highest BCUT2D eigenvalue weighted by molar-refractivity contribution is 7.17. The molecule has 0 N–H and O–H groups in total. The van der Waals surface area contributed by atoms with Gasteiger partial charge in [0.1, 0.15) is 5.00 Å². The van der Waals surface area contributed by atoms with Crippen LogP contribution in [-0.2, 0) is 9.63 Å². The van der Waals surface area contributed by atoms with E-state index in [-0.39, 0.29) is 0 Å². The summed E-state index contributed by atoms with van der Waals surface area (Å²) >= 11 is 7.12. The summed E-state index contributed by atoms with van der Waals surface area (Å²) in [6.45, 7) is 0. The highest BCUT2D eigenvalue weighted by atomic mass is 35.5. The second-order valence-corrected chi connectivity index (χ2v) is 5.54. The predicted molar refractivity (Wildman–Crippen MR) is 71.2 cm³/mol. The van der Waals surface area contributed by atoms with Crippen LogP contribution in [0.2, 0.25) is 5.02 Å². The van der Waals surface area contributed by atoms with Gasteiger partial charge in [-0.1, -0.05) is 16.8 Å². The molecular weight excluding hydrogens is 317 g/mol. The predicted octanol–water partition coefficient (Wildman–Crippen LogP) is 3.33. The van der Waals surface area contributed by atoms with Gasteiger partial charge in [-0.3, -0.25) is 0 Å². The smallest absolute Gasteiger partial charge is 0.368 e. The molecule has 0 amide bonds. The second kappa shape index (κ2) is 5.10. The maximum atomic E-state index is 12.7. The average molecular weight is 325 g/mol. The molecule has 1 aromatic rings. The molecule has 0 fully saturated rings. The maximum Gasteiger partial charge on any atom is 0.437 e. The fourth-order valence-electron chi connectivity index (χ4n) is 1.51. The van der Waals surface area contributed by atoms with Crippen molar-refractivity contribution in [2.75, 3.05) is 19.0 Å². The topological polar surface area (TPSA) is 41.9 Å². The van der Waals surface area contributed by atoms with E-state index in [4.69, 9.17) is 11.6 Å². The Labute approximate surface area is 121 Å². The SMILES string of the molecule is CN(C)c1sc(/C=C2\C(=O)ON=C2C(F)(F)F)cc1Cl. The number of halogens is 4. The van der Waals surface area contributed by atoms with E-state index in [0.29, 0.717) is 14.9 Å². The number of nitrogens with zero attached hydrogens (tertiary/aromatic N) is 2. The quantitative estimate of drug-likeness (QED) is 0.619. The summed E-state index contributed by atoms with van der Waals surface area (Å²) in [5, 5.41) is 3.83. The van der Waals surface area contributed by atoms with Crippen LogP contribution in [-0.4, -0.2) is 32.0 Å². The van der Waals surface area contributed by atoms with E-state index in [0.717, 1.165) is 17.4 Å². The zero-order valence-corrected chi connectivity index (χ0v) is 11.9. The van der Waals surface area contributed by atoms with E-state index < -0.39 is 23.4 Å². The lowest BCUT2D eigenvalue weighted by Crippen LogP contribution is -2.24. The zero-order chi connectivity index (χ0) is 15.1. The lowest BCUT2D eigenvalue weighted by molar-refractivity contribution is -0.136. The number of thiophene rings is 1. The van der Waals surface area contributed by atoms with Crippen molar-refractivity contribution in [2.24, 2.45) is 5.16 Å². The number of alkyl halides is 3. The molecule has 2 heterocycles. The summed E-state index contributed by atoms with van der Waals surface area (Å²) in [4.78, 5) is 17.5. The summed E-state index contributed by atoms with van der Waals surface area (Å²) in [6, 6.07) is 1.48. The molecule has 0 atom stereocenters. The monoisotopic (exact) mass is 324 g/mol. The van der Waals surface area contributed by atoms with Crippen molar-refractivity contribution in [3.63, 3.8) is 0 Å². The van der Waals surface area contributed by atoms with E-state index in [1.807, 2.05) is 0 Å². The molecule has 0 spiro atoms. The Hall–Kier alpha value is -1.54. The Kier molecular flexibility index (Phi) is 3.79. The third kappa shape index (κ3) is 2.80. The fourth-order valence-corrected chi connectivity index (χ4v) is 2.89. The Morgan fingerprint density at radius 3 is 2.60 bits per heavy atom. The standard InChI is InChI=1S/C11H8ClF3N2O2S/c1-17(2)9-7(12)4-5(20-9)3-6-8(11(13,14)15)16-19-10(6)18/h3-4H,1-2H3/b6-3-. The van der Waals surface area contributed by atoms with Crippen LogP contribution in [0.5, 0.6) is 0 Å². The zero-order valence-electron chi connectivity index (χ0n) is 10.3. The Morgan fingerprint density at radius 1 is 1.45 bits per heavy atom.